The normalized spacial score (nSPS) is 41.9. The summed E-state index contributed by atoms with van der Waals surface area (Å²) in [5.74, 6) is 2.02. The van der Waals surface area contributed by atoms with Crippen molar-refractivity contribution in [3.8, 4) is 0 Å². The third kappa shape index (κ3) is 4.08. The van der Waals surface area contributed by atoms with E-state index in [2.05, 4.69) is 29.0 Å². The van der Waals surface area contributed by atoms with Gasteiger partial charge in [0.2, 0.25) is 0 Å². The largest absolute Gasteiger partial charge is 0.390 e. The van der Waals surface area contributed by atoms with Gasteiger partial charge in [-0.05, 0) is 81.0 Å². The third-order valence-corrected chi connectivity index (χ3v) is 8.93. The Balaban J connectivity index is 1.57. The Morgan fingerprint density at radius 3 is 2.70 bits per heavy atom. The van der Waals surface area contributed by atoms with Crippen molar-refractivity contribution in [1.29, 1.82) is 0 Å². The Kier molecular flexibility index (Phi) is 6.32. The molecule has 30 heavy (non-hydrogen) atoms. The Labute approximate surface area is 181 Å². The van der Waals surface area contributed by atoms with Crippen LogP contribution in [0.5, 0.6) is 0 Å². The van der Waals surface area contributed by atoms with Gasteiger partial charge in [0.15, 0.2) is 5.96 Å². The predicted octanol–water partition coefficient (Wildman–Crippen LogP) is 3.52. The highest BCUT2D eigenvalue weighted by atomic mass is 16.3. The van der Waals surface area contributed by atoms with Gasteiger partial charge in [-0.15, -0.1) is 0 Å². The molecule has 2 bridgehead atoms. The van der Waals surface area contributed by atoms with E-state index in [0.29, 0.717) is 36.7 Å². The lowest BCUT2D eigenvalue weighted by Gasteiger charge is -2.40. The topological polar surface area (TPSA) is 90.9 Å². The van der Waals surface area contributed by atoms with Crippen molar-refractivity contribution >= 4 is 5.96 Å². The summed E-state index contributed by atoms with van der Waals surface area (Å²) in [5.41, 5.74) is 5.74. The van der Waals surface area contributed by atoms with Crippen LogP contribution in [-0.4, -0.2) is 41.0 Å². The minimum atomic E-state index is -0.760. The van der Waals surface area contributed by atoms with Gasteiger partial charge in [-0.25, -0.2) is 0 Å². The predicted molar refractivity (Wildman–Crippen MR) is 122 cm³/mol. The highest BCUT2D eigenvalue weighted by Crippen LogP contribution is 2.58. The summed E-state index contributed by atoms with van der Waals surface area (Å²) in [5, 5.41) is 26.6. The van der Waals surface area contributed by atoms with E-state index >= 15 is 0 Å². The minimum absolute atomic E-state index is 0.110. The van der Waals surface area contributed by atoms with Crippen molar-refractivity contribution < 1.29 is 10.2 Å². The molecule has 5 nitrogen and oxygen atoms in total. The lowest BCUT2D eigenvalue weighted by molar-refractivity contribution is -0.0745. The van der Waals surface area contributed by atoms with E-state index in [1.807, 2.05) is 0 Å². The molecule has 3 fully saturated rings. The molecule has 0 aromatic carbocycles. The number of nitrogens with zero attached hydrogens (tertiary/aromatic N) is 1. The standard InChI is InChI=1S/C25H41N3O2/c1-17(18-7-4-3-5-8-18)20-15-22-21(25(30)11-6-9-19(20)16-25)10-12-24(22,29)13-14-28-23(26)27-2/h6,9,18-22,29-30H,1,3-5,7-8,10-16H2,2H3,(H3,26,27,28)/t19-,20+,21+,22+,24-,25-/m1/s1. The highest BCUT2D eigenvalue weighted by molar-refractivity contribution is 5.77. The van der Waals surface area contributed by atoms with Gasteiger partial charge in [-0.1, -0.05) is 43.6 Å². The molecule has 6 atom stereocenters. The number of aliphatic imine (C=N–C) groups is 1. The van der Waals surface area contributed by atoms with Gasteiger partial charge < -0.3 is 21.3 Å². The minimum Gasteiger partial charge on any atom is -0.390 e. The van der Waals surface area contributed by atoms with Gasteiger partial charge >= 0.3 is 0 Å². The number of guanidine groups is 1. The lowest BCUT2D eigenvalue weighted by atomic mass is 9.69. The van der Waals surface area contributed by atoms with Gasteiger partial charge in [0, 0.05) is 13.6 Å². The van der Waals surface area contributed by atoms with Crippen LogP contribution in [0.25, 0.3) is 0 Å². The van der Waals surface area contributed by atoms with Crippen LogP contribution in [0.4, 0.5) is 0 Å². The maximum absolute atomic E-state index is 11.8. The Hall–Kier alpha value is -1.33. The number of aliphatic hydroxyl groups is 2. The van der Waals surface area contributed by atoms with Crippen molar-refractivity contribution in [1.82, 2.24) is 5.32 Å². The first kappa shape index (κ1) is 21.9. The molecule has 0 unspecified atom stereocenters. The maximum Gasteiger partial charge on any atom is 0.188 e. The van der Waals surface area contributed by atoms with Crippen LogP contribution >= 0.6 is 0 Å². The molecule has 0 amide bonds. The van der Waals surface area contributed by atoms with Gasteiger partial charge in [0.25, 0.3) is 0 Å². The van der Waals surface area contributed by atoms with Gasteiger partial charge in [0.05, 0.1) is 11.2 Å². The number of rotatable bonds is 5. The van der Waals surface area contributed by atoms with Gasteiger partial charge in [-0.3, -0.25) is 4.99 Å². The molecule has 0 saturated heterocycles. The molecule has 4 aliphatic rings. The van der Waals surface area contributed by atoms with E-state index in [-0.39, 0.29) is 11.8 Å². The molecule has 0 heterocycles. The zero-order valence-corrected chi connectivity index (χ0v) is 18.7. The SMILES string of the molecule is C=C(C1CCCCC1)[C@@H]1C[C@H]2[C@H](CC[C@@]2(O)CCNC(N)=NC)[C@@]2(O)CC=C[C@@H]1C2. The van der Waals surface area contributed by atoms with Crippen LogP contribution in [0.15, 0.2) is 29.3 Å². The summed E-state index contributed by atoms with van der Waals surface area (Å²) >= 11 is 0. The van der Waals surface area contributed by atoms with Crippen LogP contribution < -0.4 is 11.1 Å². The van der Waals surface area contributed by atoms with Crippen LogP contribution in [-0.2, 0) is 0 Å². The first-order valence-corrected chi connectivity index (χ1v) is 12.1. The number of nitrogens with one attached hydrogen (secondary N) is 1. The number of fused-ring (bicyclic) bond motifs is 4. The number of allylic oxidation sites excluding steroid dienone is 2. The molecule has 0 aromatic heterocycles. The summed E-state index contributed by atoms with van der Waals surface area (Å²) in [6, 6.07) is 0. The van der Waals surface area contributed by atoms with E-state index < -0.39 is 11.2 Å². The second kappa shape index (κ2) is 8.66. The molecule has 4 rings (SSSR count). The average Bonchev–Trinajstić information content (AvgIpc) is 3.04. The lowest BCUT2D eigenvalue weighted by Crippen LogP contribution is -2.46. The van der Waals surface area contributed by atoms with E-state index in [0.717, 1.165) is 32.1 Å². The monoisotopic (exact) mass is 415 g/mol. The van der Waals surface area contributed by atoms with Crippen molar-refractivity contribution in [3.05, 3.63) is 24.3 Å². The molecule has 3 saturated carbocycles. The number of hydrogen-bond donors (Lipinski definition) is 4. The summed E-state index contributed by atoms with van der Waals surface area (Å²) in [6.45, 7) is 5.24. The Bertz CT molecular complexity index is 699. The molecule has 5 N–H and O–H groups in total. The summed E-state index contributed by atoms with van der Waals surface area (Å²) in [7, 11) is 1.66. The van der Waals surface area contributed by atoms with Gasteiger partial charge in [-0.2, -0.15) is 0 Å². The van der Waals surface area contributed by atoms with E-state index in [4.69, 9.17) is 5.73 Å². The first-order chi connectivity index (χ1) is 14.4. The fourth-order valence-corrected chi connectivity index (χ4v) is 7.23. The molecule has 168 valence electrons. The van der Waals surface area contributed by atoms with Crippen molar-refractivity contribution in [2.24, 2.45) is 40.3 Å². The summed E-state index contributed by atoms with van der Waals surface area (Å²) < 4.78 is 0. The zero-order valence-electron chi connectivity index (χ0n) is 18.7. The van der Waals surface area contributed by atoms with E-state index in [1.165, 1.54) is 37.7 Å². The number of nitrogens with two attached hydrogens (primary N) is 1. The average molecular weight is 416 g/mol. The Morgan fingerprint density at radius 2 is 1.97 bits per heavy atom. The van der Waals surface area contributed by atoms with E-state index in [9.17, 15) is 10.2 Å². The number of hydrogen-bond acceptors (Lipinski definition) is 3. The fraction of sp³-hybridized carbons (Fsp3) is 0.800. The molecular formula is C25H41N3O2. The third-order valence-electron chi connectivity index (χ3n) is 8.93. The molecular weight excluding hydrogens is 374 g/mol. The van der Waals surface area contributed by atoms with Crippen LogP contribution in [0.3, 0.4) is 0 Å². The van der Waals surface area contributed by atoms with Crippen molar-refractivity contribution in [2.75, 3.05) is 13.6 Å². The van der Waals surface area contributed by atoms with Crippen molar-refractivity contribution in [3.63, 3.8) is 0 Å². The molecule has 0 spiro atoms. The molecule has 0 aliphatic heterocycles. The molecule has 5 heteroatoms. The second-order valence-corrected chi connectivity index (χ2v) is 10.5. The molecule has 4 aliphatic carbocycles. The quantitative estimate of drug-likeness (QED) is 0.314. The molecule has 0 radical (unpaired) electrons. The van der Waals surface area contributed by atoms with Crippen LogP contribution in [0.2, 0.25) is 0 Å². The zero-order chi connectivity index (χ0) is 21.4. The van der Waals surface area contributed by atoms with Crippen LogP contribution in [0, 0.1) is 29.6 Å². The first-order valence-electron chi connectivity index (χ1n) is 12.1. The Morgan fingerprint density at radius 1 is 1.20 bits per heavy atom. The van der Waals surface area contributed by atoms with E-state index in [1.54, 1.807) is 7.05 Å². The maximum atomic E-state index is 11.8. The molecule has 0 aromatic rings. The van der Waals surface area contributed by atoms with Crippen LogP contribution in [0.1, 0.15) is 70.6 Å². The highest BCUT2D eigenvalue weighted by Gasteiger charge is 2.58. The fourth-order valence-electron chi connectivity index (χ4n) is 7.23. The van der Waals surface area contributed by atoms with Crippen molar-refractivity contribution in [2.45, 2.75) is 81.8 Å². The summed E-state index contributed by atoms with van der Waals surface area (Å²) in [4.78, 5) is 3.96. The smallest absolute Gasteiger partial charge is 0.188 e. The second-order valence-electron chi connectivity index (χ2n) is 10.5. The van der Waals surface area contributed by atoms with Gasteiger partial charge in [0.1, 0.15) is 0 Å². The summed E-state index contributed by atoms with van der Waals surface area (Å²) in [6.07, 6.45) is 15.8.